The number of aliphatic hydroxyl groups is 1. The number of carbonyl (C=O) groups is 3. The highest BCUT2D eigenvalue weighted by molar-refractivity contribution is 6.03. The minimum atomic E-state index is -1.15. The van der Waals surface area contributed by atoms with E-state index in [0.717, 1.165) is 0 Å². The summed E-state index contributed by atoms with van der Waals surface area (Å²) in [6, 6.07) is 5.28. The molecule has 3 aliphatic heterocycles. The third-order valence-corrected chi connectivity index (χ3v) is 7.50. The summed E-state index contributed by atoms with van der Waals surface area (Å²) in [5.41, 5.74) is -1.44. The van der Waals surface area contributed by atoms with Crippen LogP contribution >= 0.6 is 0 Å². The molecule has 6 atom stereocenters. The predicted octanol–water partition coefficient (Wildman–Crippen LogP) is 1.73. The maximum absolute atomic E-state index is 13.7. The number of ether oxygens (including phenoxy) is 3. The summed E-state index contributed by atoms with van der Waals surface area (Å²) in [6.07, 6.45) is 1.57. The highest BCUT2D eigenvalue weighted by Crippen LogP contribution is 2.64. The van der Waals surface area contributed by atoms with E-state index in [1.165, 1.54) is 4.90 Å². The van der Waals surface area contributed by atoms with Crippen molar-refractivity contribution in [3.63, 3.8) is 0 Å². The van der Waals surface area contributed by atoms with Gasteiger partial charge in [-0.25, -0.2) is 0 Å². The fourth-order valence-corrected chi connectivity index (χ4v) is 5.99. The molecule has 3 fully saturated rings. The summed E-state index contributed by atoms with van der Waals surface area (Å²) < 4.78 is 17.1. The highest BCUT2D eigenvalue weighted by atomic mass is 16.6. The normalized spacial score (nSPS) is 33.1. The van der Waals surface area contributed by atoms with Crippen molar-refractivity contribution < 1.29 is 33.7 Å². The SMILES string of the molecule is CCOC(=O)[C@@H]1[C@H]2C(=O)N([C@H](C)CO)C(C(=O)Nc3ccc(OC)cc3)C23CC[C@@]1(CC)O3. The molecule has 0 aliphatic carbocycles. The number of esters is 1. The number of nitrogens with one attached hydrogen (secondary N) is 1. The molecule has 1 spiro atoms. The van der Waals surface area contributed by atoms with Crippen molar-refractivity contribution in [2.75, 3.05) is 25.6 Å². The van der Waals surface area contributed by atoms with Crippen molar-refractivity contribution in [3.05, 3.63) is 24.3 Å². The number of anilines is 1. The van der Waals surface area contributed by atoms with Gasteiger partial charge in [0.2, 0.25) is 11.8 Å². The van der Waals surface area contributed by atoms with Crippen LogP contribution in [0.25, 0.3) is 0 Å². The van der Waals surface area contributed by atoms with Gasteiger partial charge in [0, 0.05) is 5.69 Å². The van der Waals surface area contributed by atoms with Crippen molar-refractivity contribution in [1.82, 2.24) is 4.90 Å². The molecule has 0 aromatic heterocycles. The number of rotatable bonds is 8. The smallest absolute Gasteiger partial charge is 0.312 e. The standard InChI is InChI=1S/C24H32N2O7/c1-5-23-11-12-24(33-23)17(18(23)22(30)32-6-2)21(29)26(14(3)13-27)19(24)20(28)25-15-7-9-16(31-4)10-8-15/h7-10,14,17-19,27H,5-6,11-13H2,1-4H3,(H,25,28)/t14-,17+,18+,19?,23-,24?/m1/s1. The number of amides is 2. The first-order valence-electron chi connectivity index (χ1n) is 11.5. The molecule has 3 aliphatic rings. The highest BCUT2D eigenvalue weighted by Gasteiger charge is 2.79. The van der Waals surface area contributed by atoms with Crippen molar-refractivity contribution in [2.45, 2.75) is 63.3 Å². The Labute approximate surface area is 193 Å². The molecule has 33 heavy (non-hydrogen) atoms. The zero-order chi connectivity index (χ0) is 24.0. The van der Waals surface area contributed by atoms with Gasteiger partial charge < -0.3 is 29.5 Å². The van der Waals surface area contributed by atoms with Gasteiger partial charge in [-0.05, 0) is 57.4 Å². The Hall–Kier alpha value is -2.65. The second-order valence-electron chi connectivity index (χ2n) is 9.08. The van der Waals surface area contributed by atoms with E-state index in [2.05, 4.69) is 5.32 Å². The number of nitrogens with zero attached hydrogens (tertiary/aromatic N) is 1. The molecular formula is C24H32N2O7. The minimum absolute atomic E-state index is 0.196. The Morgan fingerprint density at radius 3 is 2.55 bits per heavy atom. The number of likely N-dealkylation sites (tertiary alicyclic amines) is 1. The number of hydrogen-bond acceptors (Lipinski definition) is 7. The molecule has 0 radical (unpaired) electrons. The molecule has 3 heterocycles. The summed E-state index contributed by atoms with van der Waals surface area (Å²) in [6.45, 7) is 5.22. The maximum atomic E-state index is 13.7. The molecule has 3 saturated heterocycles. The lowest BCUT2D eigenvalue weighted by Crippen LogP contribution is -2.55. The van der Waals surface area contributed by atoms with Gasteiger partial charge in [-0.1, -0.05) is 6.92 Å². The van der Waals surface area contributed by atoms with Gasteiger partial charge in [0.15, 0.2) is 0 Å². The van der Waals surface area contributed by atoms with Gasteiger partial charge in [-0.2, -0.15) is 0 Å². The van der Waals surface area contributed by atoms with Crippen molar-refractivity contribution >= 4 is 23.5 Å². The molecule has 1 aromatic rings. The van der Waals surface area contributed by atoms with Crippen LogP contribution in [0, 0.1) is 11.8 Å². The number of aliphatic hydroxyl groups excluding tert-OH is 1. The average Bonchev–Trinajstić information content (AvgIpc) is 3.42. The van der Waals surface area contributed by atoms with E-state index >= 15 is 0 Å². The quantitative estimate of drug-likeness (QED) is 0.568. The van der Waals surface area contributed by atoms with E-state index < -0.39 is 47.0 Å². The summed E-state index contributed by atoms with van der Waals surface area (Å²) in [5, 5.41) is 12.8. The van der Waals surface area contributed by atoms with Crippen LogP contribution in [0.2, 0.25) is 0 Å². The molecular weight excluding hydrogens is 428 g/mol. The van der Waals surface area contributed by atoms with Crippen LogP contribution in [0.4, 0.5) is 5.69 Å². The second-order valence-corrected chi connectivity index (χ2v) is 9.08. The molecule has 2 amide bonds. The average molecular weight is 461 g/mol. The molecule has 2 N–H and O–H groups in total. The van der Waals surface area contributed by atoms with Gasteiger partial charge in [-0.15, -0.1) is 0 Å². The van der Waals surface area contributed by atoms with Crippen LogP contribution in [0.15, 0.2) is 24.3 Å². The van der Waals surface area contributed by atoms with Crippen molar-refractivity contribution in [3.8, 4) is 5.75 Å². The minimum Gasteiger partial charge on any atom is -0.497 e. The van der Waals surface area contributed by atoms with E-state index in [1.807, 2.05) is 6.92 Å². The topological polar surface area (TPSA) is 114 Å². The van der Waals surface area contributed by atoms with E-state index in [-0.39, 0.29) is 19.1 Å². The Kier molecular flexibility index (Phi) is 6.13. The third-order valence-electron chi connectivity index (χ3n) is 7.50. The summed E-state index contributed by atoms with van der Waals surface area (Å²) in [4.78, 5) is 41.8. The lowest BCUT2D eigenvalue weighted by molar-refractivity contribution is -0.161. The van der Waals surface area contributed by atoms with Crippen LogP contribution in [-0.4, -0.2) is 71.4 Å². The van der Waals surface area contributed by atoms with Crippen LogP contribution in [0.5, 0.6) is 5.75 Å². The van der Waals surface area contributed by atoms with E-state index in [1.54, 1.807) is 45.2 Å². The van der Waals surface area contributed by atoms with Crippen molar-refractivity contribution in [1.29, 1.82) is 0 Å². The number of hydrogen-bond donors (Lipinski definition) is 2. The first-order chi connectivity index (χ1) is 15.8. The first kappa shape index (κ1) is 23.5. The van der Waals surface area contributed by atoms with Gasteiger partial charge >= 0.3 is 5.97 Å². The van der Waals surface area contributed by atoms with Gasteiger partial charge in [0.25, 0.3) is 0 Å². The molecule has 9 heteroatoms. The van der Waals surface area contributed by atoms with E-state index in [9.17, 15) is 19.5 Å². The maximum Gasteiger partial charge on any atom is 0.312 e. The molecule has 2 unspecified atom stereocenters. The largest absolute Gasteiger partial charge is 0.497 e. The van der Waals surface area contributed by atoms with Gasteiger partial charge in [-0.3, -0.25) is 14.4 Å². The zero-order valence-electron chi connectivity index (χ0n) is 19.5. The Morgan fingerprint density at radius 1 is 1.27 bits per heavy atom. The molecule has 2 bridgehead atoms. The monoisotopic (exact) mass is 460 g/mol. The summed E-state index contributed by atoms with van der Waals surface area (Å²) in [7, 11) is 1.56. The summed E-state index contributed by atoms with van der Waals surface area (Å²) >= 11 is 0. The van der Waals surface area contributed by atoms with Crippen molar-refractivity contribution in [2.24, 2.45) is 11.8 Å². The Balaban J connectivity index is 1.74. The van der Waals surface area contributed by atoms with Crippen LogP contribution in [0.3, 0.4) is 0 Å². The molecule has 1 aromatic carbocycles. The third kappa shape index (κ3) is 3.40. The van der Waals surface area contributed by atoms with Crippen LogP contribution in [0.1, 0.15) is 40.0 Å². The molecule has 180 valence electrons. The predicted molar refractivity (Wildman–Crippen MR) is 118 cm³/mol. The zero-order valence-corrected chi connectivity index (χ0v) is 19.5. The van der Waals surface area contributed by atoms with Gasteiger partial charge in [0.1, 0.15) is 23.3 Å². The molecule has 9 nitrogen and oxygen atoms in total. The van der Waals surface area contributed by atoms with Gasteiger partial charge in [0.05, 0.1) is 37.9 Å². The fourth-order valence-electron chi connectivity index (χ4n) is 5.99. The molecule has 0 saturated carbocycles. The van der Waals surface area contributed by atoms with E-state index in [4.69, 9.17) is 14.2 Å². The Morgan fingerprint density at radius 2 is 1.97 bits per heavy atom. The first-order valence-corrected chi connectivity index (χ1v) is 11.5. The summed E-state index contributed by atoms with van der Waals surface area (Å²) in [5.74, 6) is -2.18. The van der Waals surface area contributed by atoms with Crippen LogP contribution in [-0.2, 0) is 23.9 Å². The number of fused-ring (bicyclic) bond motifs is 1. The second kappa shape index (κ2) is 8.61. The molecule has 4 rings (SSSR count). The fraction of sp³-hybridized carbons (Fsp3) is 0.625. The lowest BCUT2D eigenvalue weighted by Gasteiger charge is -2.36. The number of carbonyl (C=O) groups excluding carboxylic acids is 3. The van der Waals surface area contributed by atoms with Crippen LogP contribution < -0.4 is 10.1 Å². The van der Waals surface area contributed by atoms with E-state index in [0.29, 0.717) is 30.7 Å². The number of benzene rings is 1. The Bertz CT molecular complexity index is 935. The number of methoxy groups -OCH3 is 1. The lowest BCUT2D eigenvalue weighted by atomic mass is 9.65.